The molecule has 0 saturated heterocycles. The van der Waals surface area contributed by atoms with Crippen LogP contribution in [0.3, 0.4) is 0 Å². The van der Waals surface area contributed by atoms with Crippen LogP contribution in [-0.2, 0) is 6.54 Å². The number of hydrogen-bond donors (Lipinski definition) is 0. The first-order valence-corrected chi connectivity index (χ1v) is 8.18. The van der Waals surface area contributed by atoms with Gasteiger partial charge in [0.25, 0.3) is 5.91 Å². The maximum absolute atomic E-state index is 12.7. The van der Waals surface area contributed by atoms with Crippen molar-refractivity contribution in [2.75, 3.05) is 7.05 Å². The van der Waals surface area contributed by atoms with E-state index < -0.39 is 6.36 Å². The highest BCUT2D eigenvalue weighted by atomic mass is 19.4. The molecule has 0 radical (unpaired) electrons. The quantitative estimate of drug-likeness (QED) is 0.668. The molecule has 0 aliphatic heterocycles. The van der Waals surface area contributed by atoms with E-state index in [1.54, 1.807) is 31.2 Å². The second-order valence-electron chi connectivity index (χ2n) is 6.07. The third-order valence-corrected chi connectivity index (χ3v) is 3.99. The van der Waals surface area contributed by atoms with Gasteiger partial charge in [-0.25, -0.2) is 4.68 Å². The molecule has 146 valence electrons. The van der Waals surface area contributed by atoms with E-state index in [0.29, 0.717) is 11.3 Å². The zero-order valence-corrected chi connectivity index (χ0v) is 15.0. The predicted octanol–water partition coefficient (Wildman–Crippen LogP) is 3.14. The van der Waals surface area contributed by atoms with Crippen LogP contribution in [0.1, 0.15) is 21.5 Å². The lowest BCUT2D eigenvalue weighted by Gasteiger charge is -2.20. The van der Waals surface area contributed by atoms with E-state index in [1.165, 1.54) is 41.2 Å². The topological polar surface area (TPSA) is 73.1 Å². The molecule has 1 amide bonds. The molecule has 0 spiro atoms. The lowest BCUT2D eigenvalue weighted by molar-refractivity contribution is -0.275. The molecule has 0 N–H and O–H groups in total. The fraction of sp³-hybridized carbons (Fsp3) is 0.222. The number of carbonyl (C=O) groups is 1. The van der Waals surface area contributed by atoms with Crippen LogP contribution < -0.4 is 4.74 Å². The first kappa shape index (κ1) is 19.3. The first-order valence-electron chi connectivity index (χ1n) is 8.18. The highest BCUT2D eigenvalue weighted by Crippen LogP contribution is 2.27. The Morgan fingerprint density at radius 2 is 1.96 bits per heavy atom. The Hall–Kier alpha value is -3.43. The summed E-state index contributed by atoms with van der Waals surface area (Å²) in [6.07, 6.45) is -3.37. The SMILES string of the molecule is Cc1cc(C(=O)N(C)Cc2ccccc2OC(F)(F)F)ccc1-n1cnnn1. The van der Waals surface area contributed by atoms with Crippen molar-refractivity contribution in [2.45, 2.75) is 19.8 Å². The summed E-state index contributed by atoms with van der Waals surface area (Å²) in [5, 5.41) is 10.9. The van der Waals surface area contributed by atoms with Gasteiger partial charge in [0.05, 0.1) is 5.69 Å². The number of ether oxygens (including phenoxy) is 1. The fourth-order valence-corrected chi connectivity index (χ4v) is 2.72. The van der Waals surface area contributed by atoms with E-state index in [1.807, 2.05) is 0 Å². The number of hydrogen-bond acceptors (Lipinski definition) is 5. The van der Waals surface area contributed by atoms with E-state index >= 15 is 0 Å². The Balaban J connectivity index is 1.78. The van der Waals surface area contributed by atoms with E-state index in [9.17, 15) is 18.0 Å². The van der Waals surface area contributed by atoms with Crippen LogP contribution in [0.2, 0.25) is 0 Å². The van der Waals surface area contributed by atoms with Gasteiger partial charge in [-0.2, -0.15) is 0 Å². The average molecular weight is 391 g/mol. The van der Waals surface area contributed by atoms with E-state index in [-0.39, 0.29) is 23.8 Å². The predicted molar refractivity (Wildman–Crippen MR) is 92.8 cm³/mol. The van der Waals surface area contributed by atoms with Crippen molar-refractivity contribution in [1.82, 2.24) is 25.1 Å². The lowest BCUT2D eigenvalue weighted by atomic mass is 10.1. The zero-order chi connectivity index (χ0) is 20.3. The van der Waals surface area contributed by atoms with Crippen LogP contribution in [0.25, 0.3) is 5.69 Å². The van der Waals surface area contributed by atoms with Crippen molar-refractivity contribution in [3.63, 3.8) is 0 Å². The molecule has 0 aliphatic carbocycles. The van der Waals surface area contributed by atoms with Crippen LogP contribution >= 0.6 is 0 Å². The van der Waals surface area contributed by atoms with Crippen molar-refractivity contribution in [2.24, 2.45) is 0 Å². The molecule has 0 atom stereocenters. The van der Waals surface area contributed by atoms with Crippen molar-refractivity contribution in [3.05, 3.63) is 65.5 Å². The number of carbonyl (C=O) groups excluding carboxylic acids is 1. The summed E-state index contributed by atoms with van der Waals surface area (Å²) in [5.41, 5.74) is 2.13. The Bertz CT molecular complexity index is 974. The highest BCUT2D eigenvalue weighted by molar-refractivity contribution is 5.94. The molecule has 0 fully saturated rings. The van der Waals surface area contributed by atoms with Crippen LogP contribution in [-0.4, -0.2) is 44.4 Å². The summed E-state index contributed by atoms with van der Waals surface area (Å²) in [5.74, 6) is -0.673. The summed E-state index contributed by atoms with van der Waals surface area (Å²) in [4.78, 5) is 14.0. The Kier molecular flexibility index (Phi) is 5.30. The summed E-state index contributed by atoms with van der Waals surface area (Å²) >= 11 is 0. The van der Waals surface area contributed by atoms with Crippen molar-refractivity contribution < 1.29 is 22.7 Å². The molecule has 28 heavy (non-hydrogen) atoms. The Labute approximate surface area is 158 Å². The van der Waals surface area contributed by atoms with Crippen molar-refractivity contribution in [1.29, 1.82) is 0 Å². The number of nitrogens with zero attached hydrogens (tertiary/aromatic N) is 5. The van der Waals surface area contributed by atoms with Gasteiger partial charge in [0, 0.05) is 24.7 Å². The number of benzene rings is 2. The maximum Gasteiger partial charge on any atom is 0.573 e. The molecule has 0 unspecified atom stereocenters. The Morgan fingerprint density at radius 1 is 1.21 bits per heavy atom. The van der Waals surface area contributed by atoms with E-state index in [4.69, 9.17) is 0 Å². The minimum atomic E-state index is -4.80. The number of alkyl halides is 3. The number of aromatic nitrogens is 4. The minimum Gasteiger partial charge on any atom is -0.405 e. The maximum atomic E-state index is 12.7. The molecule has 0 saturated carbocycles. The molecule has 1 aromatic heterocycles. The molecular formula is C18H16F3N5O2. The van der Waals surface area contributed by atoms with E-state index in [2.05, 4.69) is 20.3 Å². The number of para-hydroxylation sites is 1. The number of tetrazole rings is 1. The summed E-state index contributed by atoms with van der Waals surface area (Å²) in [6, 6.07) is 10.7. The Morgan fingerprint density at radius 3 is 2.61 bits per heavy atom. The molecule has 1 heterocycles. The van der Waals surface area contributed by atoms with Gasteiger partial charge in [-0.1, -0.05) is 18.2 Å². The normalized spacial score (nSPS) is 11.3. The molecule has 2 aromatic carbocycles. The second-order valence-corrected chi connectivity index (χ2v) is 6.07. The molecule has 10 heteroatoms. The van der Waals surface area contributed by atoms with Crippen LogP contribution in [0.5, 0.6) is 5.75 Å². The molecule has 0 bridgehead atoms. The second kappa shape index (κ2) is 7.67. The van der Waals surface area contributed by atoms with Crippen molar-refractivity contribution in [3.8, 4) is 11.4 Å². The fourth-order valence-electron chi connectivity index (χ4n) is 2.72. The van der Waals surface area contributed by atoms with Crippen LogP contribution in [0.15, 0.2) is 48.8 Å². The number of rotatable bonds is 5. The van der Waals surface area contributed by atoms with Gasteiger partial charge in [0.15, 0.2) is 0 Å². The smallest absolute Gasteiger partial charge is 0.405 e. The first-order chi connectivity index (χ1) is 13.2. The third kappa shape index (κ3) is 4.45. The van der Waals surface area contributed by atoms with Crippen LogP contribution in [0, 0.1) is 6.92 Å². The van der Waals surface area contributed by atoms with Gasteiger partial charge in [0.1, 0.15) is 12.1 Å². The summed E-state index contributed by atoms with van der Waals surface area (Å²) in [7, 11) is 1.51. The van der Waals surface area contributed by atoms with Crippen molar-refractivity contribution >= 4 is 5.91 Å². The van der Waals surface area contributed by atoms with Crippen LogP contribution in [0.4, 0.5) is 13.2 Å². The van der Waals surface area contributed by atoms with Gasteiger partial charge in [0.2, 0.25) is 0 Å². The van der Waals surface area contributed by atoms with Gasteiger partial charge in [-0.05, 0) is 47.2 Å². The van der Waals surface area contributed by atoms with Gasteiger partial charge in [-0.3, -0.25) is 4.79 Å². The number of aryl methyl sites for hydroxylation is 1. The largest absolute Gasteiger partial charge is 0.573 e. The molecule has 0 aliphatic rings. The minimum absolute atomic E-state index is 0.0428. The average Bonchev–Trinajstić information content (AvgIpc) is 3.15. The molecule has 7 nitrogen and oxygen atoms in total. The highest BCUT2D eigenvalue weighted by Gasteiger charge is 2.32. The monoisotopic (exact) mass is 391 g/mol. The standard InChI is InChI=1S/C18H16F3N5O2/c1-12-9-13(7-8-15(12)26-11-22-23-24-26)17(27)25(2)10-14-5-3-4-6-16(14)28-18(19,20)21/h3-9,11H,10H2,1-2H3. The third-order valence-electron chi connectivity index (χ3n) is 3.99. The van der Waals surface area contributed by atoms with Gasteiger partial charge in [-0.15, -0.1) is 18.3 Å². The molecule has 3 aromatic rings. The van der Waals surface area contributed by atoms with Gasteiger partial charge < -0.3 is 9.64 Å². The lowest BCUT2D eigenvalue weighted by Crippen LogP contribution is -2.27. The number of amides is 1. The molecule has 3 rings (SSSR count). The summed E-state index contributed by atoms with van der Waals surface area (Å²) < 4.78 is 43.2. The summed E-state index contributed by atoms with van der Waals surface area (Å²) in [6.45, 7) is 1.76. The van der Waals surface area contributed by atoms with Gasteiger partial charge >= 0.3 is 6.36 Å². The zero-order valence-electron chi connectivity index (χ0n) is 15.0. The van der Waals surface area contributed by atoms with E-state index in [0.717, 1.165) is 5.56 Å². The molecular weight excluding hydrogens is 375 g/mol. The number of halogens is 3.